The lowest BCUT2D eigenvalue weighted by Crippen LogP contribution is -2.35. The summed E-state index contributed by atoms with van der Waals surface area (Å²) >= 11 is 0. The molecule has 2 aromatic rings. The fraction of sp³-hybridized carbons (Fsp3) is 0.333. The molecule has 1 unspecified atom stereocenters. The van der Waals surface area contributed by atoms with Crippen LogP contribution in [0, 0.1) is 5.92 Å². The summed E-state index contributed by atoms with van der Waals surface area (Å²) in [6.07, 6.45) is 0.237. The number of ether oxygens (including phenoxy) is 2. The van der Waals surface area contributed by atoms with E-state index in [1.165, 1.54) is 0 Å². The number of carbonyl (C=O) groups is 2. The normalized spacial score (nSPS) is 16.3. The van der Waals surface area contributed by atoms with E-state index in [0.29, 0.717) is 26.2 Å². The zero-order valence-electron chi connectivity index (χ0n) is 15.4. The SMILES string of the molecule is COc1ccccc1CN1CC(C(=O)NCCOc2ccccc2)CC1=O. The standard InChI is InChI=1S/C21H24N2O4/c1-26-19-10-6-5-7-16(19)14-23-15-17(13-20(23)24)21(25)22-11-12-27-18-8-3-2-4-9-18/h2-10,17H,11-15H2,1H3,(H,22,25). The van der Waals surface area contributed by atoms with Crippen LogP contribution in [-0.2, 0) is 16.1 Å². The highest BCUT2D eigenvalue weighted by Crippen LogP contribution is 2.24. The van der Waals surface area contributed by atoms with Gasteiger partial charge in [-0.05, 0) is 18.2 Å². The van der Waals surface area contributed by atoms with Crippen molar-refractivity contribution in [3.8, 4) is 11.5 Å². The molecule has 0 bridgehead atoms. The predicted octanol–water partition coefficient (Wildman–Crippen LogP) is 2.24. The molecule has 0 aromatic heterocycles. The summed E-state index contributed by atoms with van der Waals surface area (Å²) in [5.41, 5.74) is 0.936. The first-order chi connectivity index (χ1) is 13.2. The Bertz CT molecular complexity index is 779. The van der Waals surface area contributed by atoms with E-state index >= 15 is 0 Å². The molecule has 6 heteroatoms. The molecule has 1 N–H and O–H groups in total. The van der Waals surface area contributed by atoms with Crippen LogP contribution in [0.2, 0.25) is 0 Å². The van der Waals surface area contributed by atoms with E-state index in [1.54, 1.807) is 12.0 Å². The smallest absolute Gasteiger partial charge is 0.225 e. The molecule has 0 spiro atoms. The maximum absolute atomic E-state index is 12.4. The van der Waals surface area contributed by atoms with Gasteiger partial charge < -0.3 is 19.7 Å². The van der Waals surface area contributed by atoms with Crippen molar-refractivity contribution in [2.24, 2.45) is 5.92 Å². The summed E-state index contributed by atoms with van der Waals surface area (Å²) in [4.78, 5) is 26.4. The summed E-state index contributed by atoms with van der Waals surface area (Å²) < 4.78 is 10.9. The topological polar surface area (TPSA) is 67.9 Å². The van der Waals surface area contributed by atoms with Crippen molar-refractivity contribution in [2.45, 2.75) is 13.0 Å². The van der Waals surface area contributed by atoms with Crippen LogP contribution in [0.3, 0.4) is 0 Å². The van der Waals surface area contributed by atoms with Gasteiger partial charge in [0.1, 0.15) is 18.1 Å². The molecule has 0 aliphatic carbocycles. The van der Waals surface area contributed by atoms with E-state index in [1.807, 2.05) is 54.6 Å². The molecule has 27 heavy (non-hydrogen) atoms. The Morgan fingerprint density at radius 1 is 1.15 bits per heavy atom. The molecule has 142 valence electrons. The van der Waals surface area contributed by atoms with E-state index in [0.717, 1.165) is 17.1 Å². The zero-order chi connectivity index (χ0) is 19.1. The van der Waals surface area contributed by atoms with Crippen LogP contribution in [0.5, 0.6) is 11.5 Å². The molecule has 0 radical (unpaired) electrons. The van der Waals surface area contributed by atoms with E-state index in [4.69, 9.17) is 9.47 Å². The third-order valence-corrected chi connectivity index (χ3v) is 4.55. The molecule has 1 saturated heterocycles. The number of hydrogen-bond acceptors (Lipinski definition) is 4. The molecular formula is C21H24N2O4. The van der Waals surface area contributed by atoms with Crippen molar-refractivity contribution in [3.63, 3.8) is 0 Å². The Kier molecular flexibility index (Phi) is 6.30. The van der Waals surface area contributed by atoms with Gasteiger partial charge in [0, 0.05) is 25.1 Å². The fourth-order valence-corrected chi connectivity index (χ4v) is 3.14. The van der Waals surface area contributed by atoms with Crippen LogP contribution in [0.4, 0.5) is 0 Å². The van der Waals surface area contributed by atoms with E-state index in [9.17, 15) is 9.59 Å². The van der Waals surface area contributed by atoms with E-state index in [-0.39, 0.29) is 24.2 Å². The maximum atomic E-state index is 12.4. The van der Waals surface area contributed by atoms with Crippen LogP contribution in [0.25, 0.3) is 0 Å². The molecule has 1 heterocycles. The lowest BCUT2D eigenvalue weighted by Gasteiger charge is -2.18. The Morgan fingerprint density at radius 3 is 2.67 bits per heavy atom. The van der Waals surface area contributed by atoms with Crippen molar-refractivity contribution >= 4 is 11.8 Å². The molecular weight excluding hydrogens is 344 g/mol. The first-order valence-electron chi connectivity index (χ1n) is 9.02. The van der Waals surface area contributed by atoms with Gasteiger partial charge in [-0.2, -0.15) is 0 Å². The minimum Gasteiger partial charge on any atom is -0.496 e. The second-order valence-corrected chi connectivity index (χ2v) is 6.44. The first-order valence-corrected chi connectivity index (χ1v) is 9.02. The monoisotopic (exact) mass is 368 g/mol. The predicted molar refractivity (Wildman–Crippen MR) is 101 cm³/mol. The van der Waals surface area contributed by atoms with Gasteiger partial charge in [-0.3, -0.25) is 9.59 Å². The van der Waals surface area contributed by atoms with Crippen LogP contribution in [0.15, 0.2) is 54.6 Å². The Balaban J connectivity index is 1.46. The highest BCUT2D eigenvalue weighted by atomic mass is 16.5. The molecule has 1 aliphatic heterocycles. The van der Waals surface area contributed by atoms with Crippen LogP contribution < -0.4 is 14.8 Å². The summed E-state index contributed by atoms with van der Waals surface area (Å²) in [5, 5.41) is 2.85. The molecule has 1 aliphatic rings. The molecule has 1 atom stereocenters. The number of methoxy groups -OCH3 is 1. The number of hydrogen-bond donors (Lipinski definition) is 1. The number of benzene rings is 2. The second kappa shape index (κ2) is 9.07. The van der Waals surface area contributed by atoms with Crippen molar-refractivity contribution in [1.29, 1.82) is 0 Å². The van der Waals surface area contributed by atoms with Gasteiger partial charge in [-0.1, -0.05) is 36.4 Å². The largest absolute Gasteiger partial charge is 0.496 e. The van der Waals surface area contributed by atoms with E-state index < -0.39 is 0 Å². The molecule has 2 amide bonds. The summed E-state index contributed by atoms with van der Waals surface area (Å²) in [7, 11) is 1.61. The summed E-state index contributed by atoms with van der Waals surface area (Å²) in [6, 6.07) is 17.1. The zero-order valence-corrected chi connectivity index (χ0v) is 15.4. The summed E-state index contributed by atoms with van der Waals surface area (Å²) in [6.45, 7) is 1.66. The molecule has 2 aromatic carbocycles. The number of nitrogens with zero attached hydrogens (tertiary/aromatic N) is 1. The van der Waals surface area contributed by atoms with Crippen molar-refractivity contribution in [1.82, 2.24) is 10.2 Å². The van der Waals surface area contributed by atoms with Gasteiger partial charge >= 0.3 is 0 Å². The van der Waals surface area contributed by atoms with Crippen molar-refractivity contribution < 1.29 is 19.1 Å². The molecule has 6 nitrogen and oxygen atoms in total. The number of para-hydroxylation sites is 2. The third kappa shape index (κ3) is 5.00. The number of nitrogens with one attached hydrogen (secondary N) is 1. The van der Waals surface area contributed by atoms with Gasteiger partial charge in [-0.25, -0.2) is 0 Å². The fourth-order valence-electron chi connectivity index (χ4n) is 3.14. The van der Waals surface area contributed by atoms with Gasteiger partial charge in [0.15, 0.2) is 0 Å². The Labute approximate surface area is 159 Å². The first kappa shape index (κ1) is 18.8. The second-order valence-electron chi connectivity index (χ2n) is 6.44. The van der Waals surface area contributed by atoms with Gasteiger partial charge in [-0.15, -0.1) is 0 Å². The van der Waals surface area contributed by atoms with Crippen LogP contribution in [0.1, 0.15) is 12.0 Å². The number of amides is 2. The minimum absolute atomic E-state index is 0.0124. The molecule has 0 saturated carbocycles. The van der Waals surface area contributed by atoms with E-state index in [2.05, 4.69) is 5.32 Å². The van der Waals surface area contributed by atoms with Gasteiger partial charge in [0.25, 0.3) is 0 Å². The number of rotatable bonds is 8. The van der Waals surface area contributed by atoms with Crippen LogP contribution >= 0.6 is 0 Å². The lowest BCUT2D eigenvalue weighted by atomic mass is 10.1. The number of carbonyl (C=O) groups excluding carboxylic acids is 2. The highest BCUT2D eigenvalue weighted by Gasteiger charge is 2.34. The quantitative estimate of drug-likeness (QED) is 0.726. The molecule has 1 fully saturated rings. The Morgan fingerprint density at radius 2 is 1.89 bits per heavy atom. The lowest BCUT2D eigenvalue weighted by molar-refractivity contribution is -0.129. The van der Waals surface area contributed by atoms with Gasteiger partial charge in [0.2, 0.25) is 11.8 Å². The highest BCUT2D eigenvalue weighted by molar-refractivity contribution is 5.89. The Hall–Kier alpha value is -3.02. The maximum Gasteiger partial charge on any atom is 0.225 e. The average Bonchev–Trinajstić information content (AvgIpc) is 3.07. The van der Waals surface area contributed by atoms with Gasteiger partial charge in [0.05, 0.1) is 19.6 Å². The average molecular weight is 368 g/mol. The molecule has 3 rings (SSSR count). The van der Waals surface area contributed by atoms with Crippen molar-refractivity contribution in [3.05, 3.63) is 60.2 Å². The number of likely N-dealkylation sites (tertiary alicyclic amines) is 1. The summed E-state index contributed by atoms with van der Waals surface area (Å²) in [5.74, 6) is 1.06. The van der Waals surface area contributed by atoms with Crippen LogP contribution in [-0.4, -0.2) is 43.5 Å². The van der Waals surface area contributed by atoms with Crippen molar-refractivity contribution in [2.75, 3.05) is 26.8 Å². The minimum atomic E-state index is -0.330. The third-order valence-electron chi connectivity index (χ3n) is 4.55.